The number of nitrogens with one attached hydrogen (secondary N) is 1. The van der Waals surface area contributed by atoms with Gasteiger partial charge < -0.3 is 20.7 Å². The number of benzene rings is 2. The number of nitrogens with zero attached hydrogens (tertiary/aromatic N) is 1. The molecular formula is C21H25N3O3. The number of rotatable bonds is 5. The van der Waals surface area contributed by atoms with Crippen LogP contribution in [0.25, 0.3) is 0 Å². The minimum Gasteiger partial charge on any atom is -0.495 e. The van der Waals surface area contributed by atoms with Gasteiger partial charge in [0.2, 0.25) is 11.8 Å². The first-order chi connectivity index (χ1) is 13.0. The van der Waals surface area contributed by atoms with Gasteiger partial charge in [0.15, 0.2) is 0 Å². The largest absolute Gasteiger partial charge is 0.495 e. The van der Waals surface area contributed by atoms with Crippen molar-refractivity contribution in [2.45, 2.75) is 32.2 Å². The van der Waals surface area contributed by atoms with Crippen molar-refractivity contribution in [1.29, 1.82) is 0 Å². The molecule has 0 bridgehead atoms. The number of hydrogen-bond donors (Lipinski definition) is 2. The second-order valence-electron chi connectivity index (χ2n) is 6.77. The molecule has 6 nitrogen and oxygen atoms in total. The molecule has 0 aliphatic carbocycles. The molecule has 2 aromatic carbocycles. The summed E-state index contributed by atoms with van der Waals surface area (Å²) in [5.41, 5.74) is 9.20. The molecule has 27 heavy (non-hydrogen) atoms. The van der Waals surface area contributed by atoms with E-state index in [1.165, 1.54) is 0 Å². The van der Waals surface area contributed by atoms with E-state index in [2.05, 4.69) is 5.32 Å². The van der Waals surface area contributed by atoms with Crippen LogP contribution in [-0.2, 0) is 9.59 Å². The van der Waals surface area contributed by atoms with Crippen LogP contribution in [0.2, 0.25) is 0 Å². The highest BCUT2D eigenvalue weighted by Gasteiger charge is 2.23. The zero-order valence-corrected chi connectivity index (χ0v) is 15.7. The summed E-state index contributed by atoms with van der Waals surface area (Å²) in [7, 11) is 1.57. The molecule has 0 radical (unpaired) electrons. The maximum absolute atomic E-state index is 12.6. The van der Waals surface area contributed by atoms with Gasteiger partial charge >= 0.3 is 0 Å². The second kappa shape index (κ2) is 8.22. The Kier molecular flexibility index (Phi) is 5.76. The third kappa shape index (κ3) is 4.28. The summed E-state index contributed by atoms with van der Waals surface area (Å²) >= 11 is 0. The van der Waals surface area contributed by atoms with Crippen molar-refractivity contribution in [3.63, 3.8) is 0 Å². The number of hydrogen-bond acceptors (Lipinski definition) is 4. The lowest BCUT2D eigenvalue weighted by molar-refractivity contribution is -0.119. The lowest BCUT2D eigenvalue weighted by atomic mass is 10.1. The van der Waals surface area contributed by atoms with Crippen molar-refractivity contribution in [1.82, 2.24) is 0 Å². The summed E-state index contributed by atoms with van der Waals surface area (Å²) in [4.78, 5) is 26.6. The molecule has 1 atom stereocenters. The van der Waals surface area contributed by atoms with Crippen LogP contribution >= 0.6 is 0 Å². The van der Waals surface area contributed by atoms with Crippen LogP contribution in [0.4, 0.5) is 11.4 Å². The molecule has 0 aromatic heterocycles. The van der Waals surface area contributed by atoms with Crippen molar-refractivity contribution in [2.24, 2.45) is 5.73 Å². The van der Waals surface area contributed by atoms with E-state index < -0.39 is 6.04 Å². The minimum atomic E-state index is -0.771. The molecule has 1 unspecified atom stereocenters. The number of piperidine rings is 1. The van der Waals surface area contributed by atoms with Crippen LogP contribution in [0.3, 0.4) is 0 Å². The maximum Gasteiger partial charge on any atom is 0.245 e. The molecule has 2 aromatic rings. The van der Waals surface area contributed by atoms with Crippen LogP contribution in [0.5, 0.6) is 5.75 Å². The Labute approximate surface area is 159 Å². The molecule has 1 heterocycles. The van der Waals surface area contributed by atoms with E-state index in [9.17, 15) is 9.59 Å². The lowest BCUT2D eigenvalue weighted by Crippen LogP contribution is -2.35. The minimum absolute atomic E-state index is 0.0689. The van der Waals surface area contributed by atoms with Crippen molar-refractivity contribution in [2.75, 3.05) is 23.9 Å². The Hall–Kier alpha value is -2.86. The highest BCUT2D eigenvalue weighted by atomic mass is 16.5. The molecule has 1 aliphatic rings. The third-order valence-corrected chi connectivity index (χ3v) is 4.78. The number of carbonyl (C=O) groups excluding carboxylic acids is 2. The predicted molar refractivity (Wildman–Crippen MR) is 106 cm³/mol. The first kappa shape index (κ1) is 18.9. The molecule has 1 saturated heterocycles. The summed E-state index contributed by atoms with van der Waals surface area (Å²) in [5, 5.41) is 2.84. The van der Waals surface area contributed by atoms with Gasteiger partial charge in [-0.25, -0.2) is 0 Å². The Bertz CT molecular complexity index is 833. The zero-order valence-electron chi connectivity index (χ0n) is 15.7. The van der Waals surface area contributed by atoms with E-state index in [1.807, 2.05) is 31.2 Å². The second-order valence-corrected chi connectivity index (χ2v) is 6.77. The van der Waals surface area contributed by atoms with Crippen LogP contribution in [-0.4, -0.2) is 25.5 Å². The summed E-state index contributed by atoms with van der Waals surface area (Å²) < 4.78 is 5.40. The molecule has 1 fully saturated rings. The fraction of sp³-hybridized carbons (Fsp3) is 0.333. The number of methoxy groups -OCH3 is 1. The van der Waals surface area contributed by atoms with Gasteiger partial charge in [-0.15, -0.1) is 0 Å². The van der Waals surface area contributed by atoms with Crippen molar-refractivity contribution in [3.05, 3.63) is 53.6 Å². The van der Waals surface area contributed by atoms with E-state index in [0.29, 0.717) is 30.1 Å². The van der Waals surface area contributed by atoms with Gasteiger partial charge in [-0.3, -0.25) is 9.59 Å². The third-order valence-electron chi connectivity index (χ3n) is 4.78. The van der Waals surface area contributed by atoms with Gasteiger partial charge in [0, 0.05) is 18.7 Å². The smallest absolute Gasteiger partial charge is 0.245 e. The van der Waals surface area contributed by atoms with Gasteiger partial charge in [-0.1, -0.05) is 29.8 Å². The average molecular weight is 367 g/mol. The van der Waals surface area contributed by atoms with E-state index in [4.69, 9.17) is 10.5 Å². The van der Waals surface area contributed by atoms with Gasteiger partial charge in [0.05, 0.1) is 12.8 Å². The molecule has 1 aliphatic heterocycles. The number of amides is 2. The first-order valence-corrected chi connectivity index (χ1v) is 9.11. The molecule has 2 amide bonds. The van der Waals surface area contributed by atoms with Gasteiger partial charge in [0.25, 0.3) is 0 Å². The molecule has 0 saturated carbocycles. The topological polar surface area (TPSA) is 84.7 Å². The fourth-order valence-corrected chi connectivity index (χ4v) is 3.18. The zero-order chi connectivity index (χ0) is 19.4. The van der Waals surface area contributed by atoms with Crippen molar-refractivity contribution >= 4 is 23.2 Å². The predicted octanol–water partition coefficient (Wildman–Crippen LogP) is 3.16. The quantitative estimate of drug-likeness (QED) is 0.850. The molecular weight excluding hydrogens is 342 g/mol. The normalized spacial score (nSPS) is 15.4. The molecule has 142 valence electrons. The summed E-state index contributed by atoms with van der Waals surface area (Å²) in [5.74, 6) is 0.366. The first-order valence-electron chi connectivity index (χ1n) is 9.11. The molecule has 3 rings (SSSR count). The van der Waals surface area contributed by atoms with Crippen LogP contribution < -0.4 is 20.7 Å². The van der Waals surface area contributed by atoms with Gasteiger partial charge in [0.1, 0.15) is 11.8 Å². The Morgan fingerprint density at radius 1 is 1.19 bits per heavy atom. The van der Waals surface area contributed by atoms with E-state index >= 15 is 0 Å². The average Bonchev–Trinajstić information content (AvgIpc) is 2.68. The van der Waals surface area contributed by atoms with E-state index in [1.54, 1.807) is 30.2 Å². The molecule has 6 heteroatoms. The van der Waals surface area contributed by atoms with Crippen molar-refractivity contribution < 1.29 is 14.3 Å². The van der Waals surface area contributed by atoms with Gasteiger partial charge in [-0.05, 0) is 43.5 Å². The molecule has 0 spiro atoms. The van der Waals surface area contributed by atoms with E-state index in [-0.39, 0.29) is 11.8 Å². The number of ether oxygens (including phenoxy) is 1. The number of anilines is 2. The summed E-state index contributed by atoms with van der Waals surface area (Å²) in [6.45, 7) is 2.63. The SMILES string of the molecule is COc1ccc(NC(=O)C(N)c2ccc(C)cc2)cc1N1CCCCC1=O. The van der Waals surface area contributed by atoms with Crippen LogP contribution in [0.1, 0.15) is 36.4 Å². The Morgan fingerprint density at radius 2 is 1.93 bits per heavy atom. The Morgan fingerprint density at radius 3 is 2.59 bits per heavy atom. The standard InChI is InChI=1S/C21H25N3O3/c1-14-6-8-15(9-7-14)20(22)21(26)23-16-10-11-18(27-2)17(13-16)24-12-4-3-5-19(24)25/h6-11,13,20H,3-5,12,22H2,1-2H3,(H,23,26). The monoisotopic (exact) mass is 367 g/mol. The fourth-order valence-electron chi connectivity index (χ4n) is 3.18. The summed E-state index contributed by atoms with van der Waals surface area (Å²) in [6.07, 6.45) is 2.38. The van der Waals surface area contributed by atoms with Gasteiger partial charge in [-0.2, -0.15) is 0 Å². The van der Waals surface area contributed by atoms with Crippen molar-refractivity contribution in [3.8, 4) is 5.75 Å². The Balaban J connectivity index is 1.80. The van der Waals surface area contributed by atoms with Crippen LogP contribution in [0, 0.1) is 6.92 Å². The highest BCUT2D eigenvalue weighted by Crippen LogP contribution is 2.33. The lowest BCUT2D eigenvalue weighted by Gasteiger charge is -2.28. The van der Waals surface area contributed by atoms with E-state index in [0.717, 1.165) is 24.0 Å². The maximum atomic E-state index is 12.6. The highest BCUT2D eigenvalue weighted by molar-refractivity contribution is 5.99. The molecule has 3 N–H and O–H groups in total. The summed E-state index contributed by atoms with van der Waals surface area (Å²) in [6, 6.07) is 12.1. The van der Waals surface area contributed by atoms with Crippen LogP contribution in [0.15, 0.2) is 42.5 Å². The number of nitrogens with two attached hydrogens (primary N) is 1. The number of aryl methyl sites for hydroxylation is 1. The number of carbonyl (C=O) groups is 2.